The molecule has 100 valence electrons. The minimum Gasteiger partial charge on any atom is -0.390 e. The van der Waals surface area contributed by atoms with Crippen molar-refractivity contribution in [3.63, 3.8) is 0 Å². The maximum atomic E-state index is 10.9. The van der Waals surface area contributed by atoms with Crippen LogP contribution < -0.4 is 5.32 Å². The molecule has 0 spiro atoms. The van der Waals surface area contributed by atoms with Gasteiger partial charge >= 0.3 is 0 Å². The van der Waals surface area contributed by atoms with Gasteiger partial charge in [0.1, 0.15) is 6.10 Å². The molecular weight excluding hydrogens is 260 g/mol. The zero-order valence-electron chi connectivity index (χ0n) is 9.84. The fraction of sp³-hybridized carbons (Fsp3) is 0.455. The lowest BCUT2D eigenvalue weighted by Gasteiger charge is -2.18. The molecule has 1 rings (SSSR count). The van der Waals surface area contributed by atoms with Crippen LogP contribution in [0.25, 0.3) is 0 Å². The predicted molar refractivity (Wildman–Crippen MR) is 67.6 cm³/mol. The normalized spacial score (nSPS) is 14.2. The summed E-state index contributed by atoms with van der Waals surface area (Å²) in [5.74, 6) is 0. The van der Waals surface area contributed by atoms with Gasteiger partial charge in [-0.25, -0.2) is 0 Å². The Labute approximate surface area is 109 Å². The van der Waals surface area contributed by atoms with Crippen molar-refractivity contribution in [2.45, 2.75) is 18.6 Å². The van der Waals surface area contributed by atoms with Crippen molar-refractivity contribution in [3.8, 4) is 0 Å². The quantitative estimate of drug-likeness (QED) is 0.536. The first-order valence-corrected chi connectivity index (χ1v) is 5.80. The average molecular weight is 275 g/mol. The van der Waals surface area contributed by atoms with E-state index in [-0.39, 0.29) is 22.7 Å². The molecule has 0 fully saturated rings. The van der Waals surface area contributed by atoms with Gasteiger partial charge in [0.05, 0.1) is 21.6 Å². The van der Waals surface area contributed by atoms with Crippen molar-refractivity contribution in [1.82, 2.24) is 5.32 Å². The van der Waals surface area contributed by atoms with Crippen LogP contribution in [0.2, 0.25) is 5.02 Å². The maximum absolute atomic E-state index is 10.9. The molecule has 1 aromatic carbocycles. The number of aliphatic hydroxyl groups excluding tert-OH is 2. The summed E-state index contributed by atoms with van der Waals surface area (Å²) in [7, 11) is 1.71. The summed E-state index contributed by atoms with van der Waals surface area (Å²) in [5.41, 5.74) is -0.341. The molecule has 0 bridgehead atoms. The van der Waals surface area contributed by atoms with E-state index in [0.29, 0.717) is 6.54 Å². The summed E-state index contributed by atoms with van der Waals surface area (Å²) in [6.07, 6.45) is -2.23. The van der Waals surface area contributed by atoms with Crippen molar-refractivity contribution in [2.75, 3.05) is 13.6 Å². The second-order valence-corrected chi connectivity index (χ2v) is 4.24. The van der Waals surface area contributed by atoms with E-state index in [0.717, 1.165) is 0 Å². The monoisotopic (exact) mass is 274 g/mol. The van der Waals surface area contributed by atoms with Crippen molar-refractivity contribution in [2.24, 2.45) is 0 Å². The minimum absolute atomic E-state index is 0.0484. The van der Waals surface area contributed by atoms with Crippen LogP contribution in [0.1, 0.15) is 18.1 Å². The predicted octanol–water partition coefficient (Wildman–Crippen LogP) is 1.25. The lowest BCUT2D eigenvalue weighted by Crippen LogP contribution is -2.24. The molecule has 1 aromatic rings. The largest absolute Gasteiger partial charge is 0.390 e. The lowest BCUT2D eigenvalue weighted by atomic mass is 10.0. The van der Waals surface area contributed by atoms with E-state index in [1.807, 2.05) is 0 Å². The van der Waals surface area contributed by atoms with Crippen LogP contribution in [-0.4, -0.2) is 34.8 Å². The van der Waals surface area contributed by atoms with Gasteiger partial charge in [-0.05, 0) is 26.1 Å². The molecule has 0 saturated heterocycles. The first kappa shape index (κ1) is 14.8. The smallest absolute Gasteiger partial charge is 0.276 e. The second-order valence-electron chi connectivity index (χ2n) is 3.83. The van der Waals surface area contributed by atoms with Gasteiger partial charge in [-0.3, -0.25) is 10.1 Å². The van der Waals surface area contributed by atoms with Gasteiger partial charge in [-0.15, -0.1) is 0 Å². The number of nitrogens with zero attached hydrogens (tertiary/aromatic N) is 1. The number of hydrogen-bond donors (Lipinski definition) is 3. The van der Waals surface area contributed by atoms with E-state index in [2.05, 4.69) is 5.32 Å². The molecule has 0 aliphatic heterocycles. The average Bonchev–Trinajstić information content (AvgIpc) is 2.34. The lowest BCUT2D eigenvalue weighted by molar-refractivity contribution is -0.386. The minimum atomic E-state index is -1.38. The molecular formula is C11H15ClN2O4. The van der Waals surface area contributed by atoms with Crippen LogP contribution in [0.5, 0.6) is 0 Å². The Hall–Kier alpha value is -1.21. The molecule has 0 radical (unpaired) electrons. The first-order valence-electron chi connectivity index (χ1n) is 5.42. The number of hydrogen-bond acceptors (Lipinski definition) is 5. The van der Waals surface area contributed by atoms with E-state index in [1.54, 1.807) is 7.05 Å². The third kappa shape index (κ3) is 3.39. The topological polar surface area (TPSA) is 95.6 Å². The highest BCUT2D eigenvalue weighted by molar-refractivity contribution is 6.31. The Bertz CT molecular complexity index is 428. The Morgan fingerprint density at radius 3 is 2.72 bits per heavy atom. The Morgan fingerprint density at radius 1 is 1.50 bits per heavy atom. The van der Waals surface area contributed by atoms with E-state index in [4.69, 9.17) is 11.6 Å². The molecule has 2 atom stereocenters. The van der Waals surface area contributed by atoms with E-state index in [1.165, 1.54) is 18.2 Å². The number of nitro benzene ring substituents is 1. The fourth-order valence-corrected chi connectivity index (χ4v) is 1.90. The van der Waals surface area contributed by atoms with Crippen molar-refractivity contribution < 1.29 is 15.1 Å². The Balaban J connectivity index is 3.03. The van der Waals surface area contributed by atoms with Crippen LogP contribution in [0, 0.1) is 10.1 Å². The molecule has 0 heterocycles. The van der Waals surface area contributed by atoms with Gasteiger partial charge < -0.3 is 15.5 Å². The highest BCUT2D eigenvalue weighted by Crippen LogP contribution is 2.34. The van der Waals surface area contributed by atoms with Crippen LogP contribution in [0.15, 0.2) is 18.2 Å². The Kier molecular flexibility index (Phi) is 5.49. The number of nitro groups is 1. The zero-order valence-corrected chi connectivity index (χ0v) is 10.6. The summed E-state index contributed by atoms with van der Waals surface area (Å²) >= 11 is 5.86. The number of halogens is 1. The summed E-state index contributed by atoms with van der Waals surface area (Å²) in [6, 6.07) is 4.11. The number of rotatable bonds is 6. The van der Waals surface area contributed by atoms with E-state index < -0.39 is 17.1 Å². The molecule has 2 unspecified atom stereocenters. The molecule has 0 amide bonds. The molecule has 0 aliphatic carbocycles. The number of nitrogens with one attached hydrogen (secondary N) is 1. The van der Waals surface area contributed by atoms with Crippen LogP contribution in [0.3, 0.4) is 0 Å². The van der Waals surface area contributed by atoms with E-state index >= 15 is 0 Å². The molecule has 18 heavy (non-hydrogen) atoms. The van der Waals surface area contributed by atoms with Crippen LogP contribution >= 0.6 is 11.6 Å². The zero-order chi connectivity index (χ0) is 13.7. The molecule has 0 aromatic heterocycles. The fourth-order valence-electron chi connectivity index (χ4n) is 1.62. The highest BCUT2D eigenvalue weighted by atomic mass is 35.5. The van der Waals surface area contributed by atoms with Crippen molar-refractivity contribution in [3.05, 3.63) is 38.9 Å². The molecule has 7 heteroatoms. The number of aliphatic hydroxyl groups is 2. The third-order valence-corrected chi connectivity index (χ3v) is 2.91. The molecule has 0 aliphatic rings. The van der Waals surface area contributed by atoms with Gasteiger partial charge in [0, 0.05) is 6.07 Å². The van der Waals surface area contributed by atoms with Gasteiger partial charge in [-0.1, -0.05) is 17.7 Å². The van der Waals surface area contributed by atoms with Gasteiger partial charge in [0.2, 0.25) is 0 Å². The standard InChI is InChI=1S/C11H15ClN2O4/c1-13-6-5-9(15)11(16)10-7(12)3-2-4-8(10)14(17)18/h2-4,9,11,13,15-16H,5-6H2,1H3. The van der Waals surface area contributed by atoms with Gasteiger partial charge in [-0.2, -0.15) is 0 Å². The highest BCUT2D eigenvalue weighted by Gasteiger charge is 2.28. The molecule has 6 nitrogen and oxygen atoms in total. The number of benzene rings is 1. The third-order valence-electron chi connectivity index (χ3n) is 2.58. The molecule has 3 N–H and O–H groups in total. The summed E-state index contributed by atoms with van der Waals surface area (Å²) < 4.78 is 0. The maximum Gasteiger partial charge on any atom is 0.276 e. The van der Waals surface area contributed by atoms with Crippen LogP contribution in [-0.2, 0) is 0 Å². The van der Waals surface area contributed by atoms with Gasteiger partial charge in [0.25, 0.3) is 5.69 Å². The second kappa shape index (κ2) is 6.65. The SMILES string of the molecule is CNCCC(O)C(O)c1c(Cl)cccc1[N+](=O)[O-]. The van der Waals surface area contributed by atoms with Crippen molar-refractivity contribution >= 4 is 17.3 Å². The van der Waals surface area contributed by atoms with Gasteiger partial charge in [0.15, 0.2) is 0 Å². The Morgan fingerprint density at radius 2 is 2.17 bits per heavy atom. The van der Waals surface area contributed by atoms with Crippen molar-refractivity contribution in [1.29, 1.82) is 0 Å². The first-order chi connectivity index (χ1) is 8.49. The summed E-state index contributed by atoms with van der Waals surface area (Å²) in [6.45, 7) is 0.483. The summed E-state index contributed by atoms with van der Waals surface area (Å²) in [5, 5.41) is 33.5. The van der Waals surface area contributed by atoms with E-state index in [9.17, 15) is 20.3 Å². The summed E-state index contributed by atoms with van der Waals surface area (Å²) in [4.78, 5) is 10.2. The van der Waals surface area contributed by atoms with Crippen LogP contribution in [0.4, 0.5) is 5.69 Å². The molecule has 0 saturated carbocycles.